The van der Waals surface area contributed by atoms with Crippen molar-refractivity contribution in [1.29, 1.82) is 0 Å². The fraction of sp³-hybridized carbons (Fsp3) is 0.167. The van der Waals surface area contributed by atoms with Gasteiger partial charge in [0.15, 0.2) is 5.69 Å². The van der Waals surface area contributed by atoms with Crippen LogP contribution < -0.4 is 5.43 Å². The maximum absolute atomic E-state index is 14.1. The summed E-state index contributed by atoms with van der Waals surface area (Å²) < 4.78 is 15.3. The number of aryl methyl sites for hydroxylation is 1. The number of aromatic nitrogens is 2. The van der Waals surface area contributed by atoms with E-state index in [-0.39, 0.29) is 11.4 Å². The van der Waals surface area contributed by atoms with Crippen LogP contribution in [0, 0.1) is 12.7 Å². The van der Waals surface area contributed by atoms with Gasteiger partial charge in [0.2, 0.25) is 5.43 Å². The Kier molecular flexibility index (Phi) is 4.76. The molecule has 5 nitrogen and oxygen atoms in total. The summed E-state index contributed by atoms with van der Waals surface area (Å²) >= 11 is 1.53. The topological polar surface area (TPSA) is 55.2 Å². The van der Waals surface area contributed by atoms with Crippen LogP contribution in [0.1, 0.15) is 21.7 Å². The Labute approximate surface area is 148 Å². The fourth-order valence-corrected chi connectivity index (χ4v) is 3.13. The van der Waals surface area contributed by atoms with Crippen molar-refractivity contribution in [3.63, 3.8) is 0 Å². The minimum atomic E-state index is -0.499. The summed E-state index contributed by atoms with van der Waals surface area (Å²) in [6.07, 6.45) is 0. The van der Waals surface area contributed by atoms with E-state index >= 15 is 0 Å². The van der Waals surface area contributed by atoms with Gasteiger partial charge in [-0.15, -0.1) is 0 Å². The number of thiophene rings is 1. The second-order valence-electron chi connectivity index (χ2n) is 5.65. The molecular weight excluding hydrogens is 341 g/mol. The second kappa shape index (κ2) is 6.98. The summed E-state index contributed by atoms with van der Waals surface area (Å²) in [4.78, 5) is 26.3. The first-order chi connectivity index (χ1) is 12.0. The lowest BCUT2D eigenvalue weighted by Gasteiger charge is -2.17. The molecule has 0 bridgehead atoms. The highest BCUT2D eigenvalue weighted by Gasteiger charge is 2.20. The molecule has 128 valence electrons. The van der Waals surface area contributed by atoms with Crippen LogP contribution >= 0.6 is 11.3 Å². The Hall–Kier alpha value is -2.80. The first-order valence-corrected chi connectivity index (χ1v) is 8.54. The van der Waals surface area contributed by atoms with Gasteiger partial charge >= 0.3 is 0 Å². The number of halogens is 1. The van der Waals surface area contributed by atoms with Crippen molar-refractivity contribution in [3.8, 4) is 5.69 Å². The van der Waals surface area contributed by atoms with Crippen LogP contribution in [-0.4, -0.2) is 27.6 Å². The van der Waals surface area contributed by atoms with Crippen LogP contribution in [0.5, 0.6) is 0 Å². The largest absolute Gasteiger partial charge is 0.336 e. The van der Waals surface area contributed by atoms with E-state index in [1.54, 1.807) is 32.2 Å². The van der Waals surface area contributed by atoms with Gasteiger partial charge in [0, 0.05) is 25.4 Å². The zero-order chi connectivity index (χ0) is 18.0. The molecule has 1 aromatic carbocycles. The normalized spacial score (nSPS) is 10.7. The van der Waals surface area contributed by atoms with E-state index in [4.69, 9.17) is 0 Å². The molecule has 0 atom stereocenters. The Morgan fingerprint density at radius 2 is 2.08 bits per heavy atom. The summed E-state index contributed by atoms with van der Waals surface area (Å²) in [5.41, 5.74) is 0.905. The average molecular weight is 357 g/mol. The maximum Gasteiger partial charge on any atom is 0.278 e. The van der Waals surface area contributed by atoms with Crippen molar-refractivity contribution in [3.05, 3.63) is 80.2 Å². The highest BCUT2D eigenvalue weighted by molar-refractivity contribution is 7.07. The molecule has 0 unspecified atom stereocenters. The summed E-state index contributed by atoms with van der Waals surface area (Å²) in [6.45, 7) is 2.02. The molecule has 0 aliphatic rings. The molecule has 0 fully saturated rings. The Bertz CT molecular complexity index is 967. The van der Waals surface area contributed by atoms with E-state index in [1.165, 1.54) is 33.1 Å². The molecule has 0 radical (unpaired) electrons. The van der Waals surface area contributed by atoms with Gasteiger partial charge in [-0.25, -0.2) is 9.07 Å². The number of carbonyl (C=O) groups excluding carboxylic acids is 1. The first-order valence-electron chi connectivity index (χ1n) is 7.60. The number of amides is 1. The molecule has 0 spiro atoms. The minimum Gasteiger partial charge on any atom is -0.336 e. The summed E-state index contributed by atoms with van der Waals surface area (Å²) in [6, 6.07) is 9.29. The minimum absolute atomic E-state index is 0.189. The number of benzene rings is 1. The molecular formula is C18H16FN3O2S. The number of para-hydroxylation sites is 1. The third-order valence-corrected chi connectivity index (χ3v) is 4.47. The van der Waals surface area contributed by atoms with E-state index in [2.05, 4.69) is 5.10 Å². The lowest BCUT2D eigenvalue weighted by molar-refractivity contribution is 0.0776. The highest BCUT2D eigenvalue weighted by atomic mass is 32.1. The third kappa shape index (κ3) is 3.51. The average Bonchev–Trinajstić information content (AvgIpc) is 3.08. The standard InChI is InChI=1S/C18H16FN3O2S/c1-12-9-16(23)17(18(24)21(2)10-13-7-8-25-11-13)20-22(12)15-6-4-3-5-14(15)19/h3-9,11H,10H2,1-2H3. The summed E-state index contributed by atoms with van der Waals surface area (Å²) in [5, 5.41) is 7.98. The van der Waals surface area contributed by atoms with Crippen molar-refractivity contribution in [1.82, 2.24) is 14.7 Å². The maximum atomic E-state index is 14.1. The van der Waals surface area contributed by atoms with Crippen molar-refractivity contribution in [2.45, 2.75) is 13.5 Å². The van der Waals surface area contributed by atoms with Crippen LogP contribution in [0.2, 0.25) is 0 Å². The van der Waals surface area contributed by atoms with Crippen LogP contribution in [0.4, 0.5) is 4.39 Å². The van der Waals surface area contributed by atoms with Gasteiger partial charge in [0.25, 0.3) is 5.91 Å². The molecule has 0 aliphatic heterocycles. The quantitative estimate of drug-likeness (QED) is 0.721. The SMILES string of the molecule is Cc1cc(=O)c(C(=O)N(C)Cc2ccsc2)nn1-c1ccccc1F. The molecule has 2 heterocycles. The number of nitrogens with zero attached hydrogens (tertiary/aromatic N) is 3. The molecule has 3 aromatic rings. The van der Waals surface area contributed by atoms with E-state index < -0.39 is 17.2 Å². The third-order valence-electron chi connectivity index (χ3n) is 3.74. The smallest absolute Gasteiger partial charge is 0.278 e. The molecule has 0 aliphatic carbocycles. The van der Waals surface area contributed by atoms with Gasteiger partial charge in [-0.05, 0) is 41.4 Å². The van der Waals surface area contributed by atoms with Crippen molar-refractivity contribution in [2.24, 2.45) is 0 Å². The van der Waals surface area contributed by atoms with Crippen LogP contribution in [0.3, 0.4) is 0 Å². The Balaban J connectivity index is 1.99. The van der Waals surface area contributed by atoms with Gasteiger partial charge < -0.3 is 4.90 Å². The zero-order valence-corrected chi connectivity index (χ0v) is 14.6. The van der Waals surface area contributed by atoms with Crippen LogP contribution in [0.25, 0.3) is 5.69 Å². The second-order valence-corrected chi connectivity index (χ2v) is 6.43. The first kappa shape index (κ1) is 17.0. The van der Waals surface area contributed by atoms with Crippen molar-refractivity contribution in [2.75, 3.05) is 7.05 Å². The van der Waals surface area contributed by atoms with Crippen LogP contribution in [0.15, 0.2) is 52.0 Å². The Morgan fingerprint density at radius 3 is 2.76 bits per heavy atom. The molecule has 3 rings (SSSR count). The van der Waals surface area contributed by atoms with Crippen molar-refractivity contribution < 1.29 is 9.18 Å². The zero-order valence-electron chi connectivity index (χ0n) is 13.8. The summed E-state index contributed by atoms with van der Waals surface area (Å²) in [5.74, 6) is -0.979. The predicted octanol–water partition coefficient (Wildman–Crippen LogP) is 3.01. The van der Waals surface area contributed by atoms with E-state index in [1.807, 2.05) is 16.8 Å². The molecule has 0 N–H and O–H groups in total. The number of hydrogen-bond acceptors (Lipinski definition) is 4. The molecule has 25 heavy (non-hydrogen) atoms. The highest BCUT2D eigenvalue weighted by Crippen LogP contribution is 2.14. The van der Waals surface area contributed by atoms with Gasteiger partial charge in [0.05, 0.1) is 0 Å². The monoisotopic (exact) mass is 357 g/mol. The lowest BCUT2D eigenvalue weighted by atomic mass is 10.2. The number of carbonyl (C=O) groups is 1. The predicted molar refractivity (Wildman–Crippen MR) is 94.6 cm³/mol. The van der Waals surface area contributed by atoms with Gasteiger partial charge in [-0.1, -0.05) is 12.1 Å². The van der Waals surface area contributed by atoms with Gasteiger partial charge in [0.1, 0.15) is 11.5 Å². The lowest BCUT2D eigenvalue weighted by Crippen LogP contribution is -2.33. The molecule has 0 saturated carbocycles. The van der Waals surface area contributed by atoms with E-state index in [0.29, 0.717) is 12.2 Å². The van der Waals surface area contributed by atoms with Crippen LogP contribution in [-0.2, 0) is 6.54 Å². The molecule has 2 aromatic heterocycles. The van der Waals surface area contributed by atoms with Crippen molar-refractivity contribution >= 4 is 17.2 Å². The van der Waals surface area contributed by atoms with Gasteiger partial charge in [-0.2, -0.15) is 16.4 Å². The van der Waals surface area contributed by atoms with Gasteiger partial charge in [-0.3, -0.25) is 9.59 Å². The number of rotatable bonds is 4. The fourth-order valence-electron chi connectivity index (χ4n) is 2.47. The molecule has 7 heteroatoms. The summed E-state index contributed by atoms with van der Waals surface area (Å²) in [7, 11) is 1.61. The molecule has 1 amide bonds. The Morgan fingerprint density at radius 1 is 1.32 bits per heavy atom. The van der Waals surface area contributed by atoms with E-state index in [0.717, 1.165) is 5.56 Å². The number of hydrogen-bond donors (Lipinski definition) is 0. The molecule has 0 saturated heterocycles. The van der Waals surface area contributed by atoms with E-state index in [9.17, 15) is 14.0 Å².